The van der Waals surface area contributed by atoms with E-state index in [9.17, 15) is 4.79 Å². The van der Waals surface area contributed by atoms with Gasteiger partial charge in [0.05, 0.1) is 6.33 Å². The summed E-state index contributed by atoms with van der Waals surface area (Å²) in [6, 6.07) is 0. The molecule has 0 fully saturated rings. The topological polar surface area (TPSA) is 97.8 Å². The number of H-pyrrole nitrogens is 1. The second-order valence-electron chi connectivity index (χ2n) is 1.53. The lowest BCUT2D eigenvalue weighted by Crippen LogP contribution is -2.13. The third-order valence-corrected chi connectivity index (χ3v) is 0.915. The molecule has 6 heteroatoms. The number of hydrogen-bond acceptors (Lipinski definition) is 3. The zero-order valence-corrected chi connectivity index (χ0v) is 5.81. The van der Waals surface area contributed by atoms with E-state index >= 15 is 0 Å². The lowest BCUT2D eigenvalue weighted by atomic mass is 10.8. The third kappa shape index (κ3) is 1.38. The van der Waals surface area contributed by atoms with E-state index in [1.165, 1.54) is 6.33 Å². The van der Waals surface area contributed by atoms with Crippen LogP contribution in [-0.4, -0.2) is 15.9 Å². The normalized spacial score (nSPS) is 8.40. The summed E-state index contributed by atoms with van der Waals surface area (Å²) in [5.41, 5.74) is 10.2. The quantitative estimate of drug-likeness (QED) is 0.524. The van der Waals surface area contributed by atoms with Crippen LogP contribution >= 0.6 is 12.4 Å². The maximum atomic E-state index is 10.4. The van der Waals surface area contributed by atoms with Crippen molar-refractivity contribution in [2.45, 2.75) is 0 Å². The van der Waals surface area contributed by atoms with Gasteiger partial charge in [0.2, 0.25) is 0 Å². The summed E-state index contributed by atoms with van der Waals surface area (Å²) in [6.07, 6.45) is 1.31. The fraction of sp³-hybridized carbons (Fsp3) is 0. The van der Waals surface area contributed by atoms with Crippen molar-refractivity contribution in [2.75, 3.05) is 5.73 Å². The summed E-state index contributed by atoms with van der Waals surface area (Å²) in [5, 5.41) is 0. The fourth-order valence-corrected chi connectivity index (χ4v) is 0.502. The number of halogens is 1. The van der Waals surface area contributed by atoms with Crippen LogP contribution in [0, 0.1) is 0 Å². The Kier molecular flexibility index (Phi) is 2.69. The van der Waals surface area contributed by atoms with Crippen molar-refractivity contribution in [3.05, 3.63) is 12.0 Å². The van der Waals surface area contributed by atoms with Crippen molar-refractivity contribution >= 4 is 24.1 Å². The van der Waals surface area contributed by atoms with E-state index < -0.39 is 5.91 Å². The van der Waals surface area contributed by atoms with Crippen LogP contribution in [-0.2, 0) is 0 Å². The van der Waals surface area contributed by atoms with Crippen LogP contribution in [0.4, 0.5) is 5.82 Å². The minimum absolute atomic E-state index is 0. The average Bonchev–Trinajstić information content (AvgIpc) is 2.13. The molecule has 0 bridgehead atoms. The molecule has 0 aliphatic heterocycles. The van der Waals surface area contributed by atoms with Gasteiger partial charge in [-0.2, -0.15) is 0 Å². The molecule has 0 saturated heterocycles. The van der Waals surface area contributed by atoms with Crippen molar-refractivity contribution in [2.24, 2.45) is 5.73 Å². The SMILES string of the molecule is Cl.NC(=O)[13c]1[15nH][13cH]nc1N. The van der Waals surface area contributed by atoms with Gasteiger partial charge < -0.3 is 16.5 Å². The second kappa shape index (κ2) is 3.07. The van der Waals surface area contributed by atoms with Gasteiger partial charge in [0.25, 0.3) is 5.91 Å². The maximum absolute atomic E-state index is 10.4. The largest absolute Gasteiger partial charge is 0.382 e. The van der Waals surface area contributed by atoms with E-state index in [0.29, 0.717) is 0 Å². The number of amides is 1. The first kappa shape index (κ1) is 8.77. The molecule has 0 spiro atoms. The number of nitrogen functional groups attached to an aromatic ring is 1. The van der Waals surface area contributed by atoms with Gasteiger partial charge >= 0.3 is 0 Å². The standard InChI is InChI=1S/C4H6N4O.ClH/c5-3-2(4(6)9)7-1-8-3;/h1H,5H2,(H2,6,9)(H,7,8);1H/i1+1,2+1,7+1;. The van der Waals surface area contributed by atoms with Crippen molar-refractivity contribution < 1.29 is 4.79 Å². The third-order valence-electron chi connectivity index (χ3n) is 0.915. The molecule has 1 aromatic rings. The van der Waals surface area contributed by atoms with E-state index in [2.05, 4.69) is 9.97 Å². The minimum atomic E-state index is -0.593. The Hall–Kier alpha value is -1.23. The summed E-state index contributed by atoms with van der Waals surface area (Å²) in [4.78, 5) is 16.4. The summed E-state index contributed by atoms with van der Waals surface area (Å²) < 4.78 is 0. The predicted octanol–water partition coefficient (Wildman–Crippen LogP) is -0.487. The van der Waals surface area contributed by atoms with Crippen LogP contribution in [0.15, 0.2) is 6.33 Å². The molecule has 0 saturated carbocycles. The number of carbonyl (C=O) groups excluding carboxylic acids is 1. The number of rotatable bonds is 1. The number of primary amides is 1. The van der Waals surface area contributed by atoms with Crippen LogP contribution in [0.1, 0.15) is 10.5 Å². The Balaban J connectivity index is 0.000000810. The minimum Gasteiger partial charge on any atom is -0.382 e. The Morgan fingerprint density at radius 1 is 1.70 bits per heavy atom. The Labute approximate surface area is 63.2 Å². The number of nitrogens with one attached hydrogen (secondary N) is 1. The van der Waals surface area contributed by atoms with Gasteiger partial charge in [-0.1, -0.05) is 0 Å². The number of anilines is 1. The Morgan fingerprint density at radius 2 is 2.30 bits per heavy atom. The highest BCUT2D eigenvalue weighted by Gasteiger charge is 2.05. The highest BCUT2D eigenvalue weighted by Crippen LogP contribution is 2.00. The molecule has 0 unspecified atom stereocenters. The van der Waals surface area contributed by atoms with Gasteiger partial charge in [-0.05, 0) is 0 Å². The molecule has 10 heavy (non-hydrogen) atoms. The molecule has 1 amide bonds. The molecular weight excluding hydrogens is 159 g/mol. The Morgan fingerprint density at radius 3 is 2.50 bits per heavy atom. The highest BCUT2D eigenvalue weighted by molar-refractivity contribution is 5.94. The summed E-state index contributed by atoms with van der Waals surface area (Å²) >= 11 is 0. The molecule has 0 aliphatic carbocycles. The van der Waals surface area contributed by atoms with Gasteiger partial charge in [0.1, 0.15) is 5.69 Å². The smallest absolute Gasteiger partial charge is 0.269 e. The van der Waals surface area contributed by atoms with Gasteiger partial charge in [-0.25, -0.2) is 4.98 Å². The first-order valence-corrected chi connectivity index (χ1v) is 2.30. The number of carbonyl (C=O) groups is 1. The fourth-order valence-electron chi connectivity index (χ4n) is 0.502. The van der Waals surface area contributed by atoms with E-state index in [1.807, 2.05) is 0 Å². The summed E-state index contributed by atoms with van der Waals surface area (Å²) in [6.45, 7) is 0. The summed E-state index contributed by atoms with van der Waals surface area (Å²) in [5.74, 6) is -0.451. The molecule has 56 valence electrons. The number of imidazole rings is 1. The lowest BCUT2D eigenvalue weighted by molar-refractivity contribution is 0.0997. The average molecular weight is 166 g/mol. The summed E-state index contributed by atoms with van der Waals surface area (Å²) in [7, 11) is 0. The molecule has 0 radical (unpaired) electrons. The maximum Gasteiger partial charge on any atom is 0.269 e. The van der Waals surface area contributed by atoms with E-state index in [4.69, 9.17) is 11.5 Å². The number of aromatic amines is 1. The molecule has 1 aromatic heterocycles. The molecule has 0 atom stereocenters. The Bertz CT molecular complexity index is 233. The van der Waals surface area contributed by atoms with E-state index in [-0.39, 0.29) is 23.9 Å². The number of hydrogen-bond donors (Lipinski definition) is 3. The van der Waals surface area contributed by atoms with E-state index in [0.717, 1.165) is 0 Å². The van der Waals surface area contributed by atoms with Crippen molar-refractivity contribution in [3.8, 4) is 0 Å². The predicted molar refractivity (Wildman–Crippen MR) is 38.8 cm³/mol. The van der Waals surface area contributed by atoms with Crippen LogP contribution in [0.5, 0.6) is 0 Å². The van der Waals surface area contributed by atoms with Gasteiger partial charge in [-0.15, -0.1) is 12.4 Å². The van der Waals surface area contributed by atoms with Crippen molar-refractivity contribution in [3.63, 3.8) is 0 Å². The van der Waals surface area contributed by atoms with E-state index in [1.54, 1.807) is 0 Å². The van der Waals surface area contributed by atoms with Gasteiger partial charge in [0.15, 0.2) is 5.82 Å². The molecule has 5 nitrogen and oxygen atoms in total. The first-order valence-electron chi connectivity index (χ1n) is 2.30. The van der Waals surface area contributed by atoms with Crippen LogP contribution in [0.3, 0.4) is 0 Å². The molecule has 1 rings (SSSR count). The zero-order chi connectivity index (χ0) is 6.85. The van der Waals surface area contributed by atoms with Gasteiger partial charge in [0, 0.05) is 0 Å². The highest BCUT2D eigenvalue weighted by atomic mass is 35.5. The molecule has 5 N–H and O–H groups in total. The second-order valence-corrected chi connectivity index (χ2v) is 1.53. The van der Waals surface area contributed by atoms with Crippen LogP contribution in [0.2, 0.25) is 0 Å². The van der Waals surface area contributed by atoms with Gasteiger partial charge in [-0.3, -0.25) is 4.79 Å². The molecule has 0 aromatic carbocycles. The lowest BCUT2D eigenvalue weighted by Gasteiger charge is -1.87. The van der Waals surface area contributed by atoms with Crippen LogP contribution < -0.4 is 11.5 Å². The van der Waals surface area contributed by atoms with Crippen LogP contribution in [0.25, 0.3) is 0 Å². The van der Waals surface area contributed by atoms with Crippen molar-refractivity contribution in [1.82, 2.24) is 9.97 Å². The monoisotopic (exact) mass is 165 g/mol. The molecular formula is C4H7ClN4O. The first-order chi connectivity index (χ1) is 4.22. The van der Waals surface area contributed by atoms with Crippen molar-refractivity contribution in [1.29, 1.82) is 0 Å². The number of nitrogens with two attached hydrogens (primary N) is 2. The molecule has 1 heterocycles. The zero-order valence-electron chi connectivity index (χ0n) is 5.00. The molecule has 0 aliphatic rings. The number of aromatic nitrogens is 2. The number of nitrogens with zero attached hydrogens (tertiary/aromatic N) is 1.